The Morgan fingerprint density at radius 3 is 2.65 bits per heavy atom. The maximum absolute atomic E-state index is 11.0. The minimum Gasteiger partial charge on any atom is -0.342 e. The summed E-state index contributed by atoms with van der Waals surface area (Å²) >= 11 is 11.8. The first-order valence-corrected chi connectivity index (χ1v) is 9.30. The van der Waals surface area contributed by atoms with E-state index in [1.54, 1.807) is 0 Å². The third-order valence-electron chi connectivity index (χ3n) is 4.65. The molecule has 2 aromatic rings. The normalized spacial score (nSPS) is 14.5. The molecule has 0 radical (unpaired) electrons. The van der Waals surface area contributed by atoms with Crippen LogP contribution in [-0.2, 0) is 6.54 Å². The first-order valence-electron chi connectivity index (χ1n) is 8.51. The number of non-ortho nitro benzene ring substituents is 1. The highest BCUT2D eigenvalue weighted by molar-refractivity contribution is 7.80. The topological polar surface area (TPSA) is 58.4 Å². The smallest absolute Gasteiger partial charge is 0.271 e. The highest BCUT2D eigenvalue weighted by atomic mass is 35.5. The van der Waals surface area contributed by atoms with Gasteiger partial charge in [0.1, 0.15) is 0 Å². The number of halogens is 1. The summed E-state index contributed by atoms with van der Waals surface area (Å²) in [6.45, 7) is 2.85. The van der Waals surface area contributed by atoms with Crippen LogP contribution < -0.4 is 5.32 Å². The van der Waals surface area contributed by atoms with Gasteiger partial charge in [0.15, 0.2) is 5.11 Å². The van der Waals surface area contributed by atoms with Crippen LogP contribution in [0.2, 0.25) is 5.02 Å². The van der Waals surface area contributed by atoms with E-state index in [1.165, 1.54) is 31.0 Å². The van der Waals surface area contributed by atoms with Crippen molar-refractivity contribution in [2.24, 2.45) is 5.92 Å². The number of nitrogens with zero attached hydrogens (tertiary/aromatic N) is 2. The third-order valence-corrected chi connectivity index (χ3v) is 5.32. The molecule has 0 aromatic heterocycles. The van der Waals surface area contributed by atoms with Crippen LogP contribution in [0, 0.1) is 16.0 Å². The van der Waals surface area contributed by atoms with E-state index in [1.807, 2.05) is 18.2 Å². The van der Waals surface area contributed by atoms with Crippen LogP contribution in [0.15, 0.2) is 48.5 Å². The Kier molecular flexibility index (Phi) is 5.74. The first kappa shape index (κ1) is 18.6. The lowest BCUT2D eigenvalue weighted by atomic mass is 10.1. The molecule has 0 unspecified atom stereocenters. The molecule has 2 aromatic carbocycles. The molecular formula is C19H20ClN3O2S. The fourth-order valence-corrected chi connectivity index (χ4v) is 3.43. The summed E-state index contributed by atoms with van der Waals surface area (Å²) in [4.78, 5) is 12.7. The first-order chi connectivity index (χ1) is 12.5. The van der Waals surface area contributed by atoms with Crippen molar-refractivity contribution in [2.75, 3.05) is 5.32 Å². The van der Waals surface area contributed by atoms with Gasteiger partial charge in [0.2, 0.25) is 0 Å². The van der Waals surface area contributed by atoms with Gasteiger partial charge >= 0.3 is 0 Å². The molecule has 1 saturated carbocycles. The van der Waals surface area contributed by atoms with Crippen LogP contribution in [0.4, 0.5) is 11.4 Å². The molecule has 0 heterocycles. The van der Waals surface area contributed by atoms with Crippen LogP contribution in [0.1, 0.15) is 25.3 Å². The fraction of sp³-hybridized carbons (Fsp3) is 0.316. The summed E-state index contributed by atoms with van der Waals surface area (Å²) < 4.78 is 0. The Bertz CT molecular complexity index is 812. The monoisotopic (exact) mass is 389 g/mol. The summed E-state index contributed by atoms with van der Waals surface area (Å²) in [6, 6.07) is 14.7. The second kappa shape index (κ2) is 8.01. The third kappa shape index (κ3) is 4.51. The van der Waals surface area contributed by atoms with E-state index in [0.29, 0.717) is 28.3 Å². The number of hydrogen-bond donors (Lipinski definition) is 1. The zero-order chi connectivity index (χ0) is 18.7. The average molecular weight is 390 g/mol. The number of thiocarbonyl (C=S) groups is 1. The average Bonchev–Trinajstić information content (AvgIpc) is 3.46. The van der Waals surface area contributed by atoms with Gasteiger partial charge in [0.05, 0.1) is 15.6 Å². The highest BCUT2D eigenvalue weighted by Gasteiger charge is 2.33. The largest absolute Gasteiger partial charge is 0.342 e. The molecule has 5 nitrogen and oxygen atoms in total. The van der Waals surface area contributed by atoms with Crippen LogP contribution in [0.3, 0.4) is 0 Å². The van der Waals surface area contributed by atoms with Crippen molar-refractivity contribution < 1.29 is 4.92 Å². The Labute approximate surface area is 163 Å². The Morgan fingerprint density at radius 1 is 1.35 bits per heavy atom. The van der Waals surface area contributed by atoms with Gasteiger partial charge in [-0.15, -0.1) is 0 Å². The Morgan fingerprint density at radius 2 is 2.04 bits per heavy atom. The summed E-state index contributed by atoms with van der Waals surface area (Å²) in [5, 5.41) is 15.1. The molecule has 1 aliphatic carbocycles. The quantitative estimate of drug-likeness (QED) is 0.415. The number of rotatable bonds is 6. The zero-order valence-corrected chi connectivity index (χ0v) is 16.0. The molecule has 0 amide bonds. The van der Waals surface area contributed by atoms with Crippen molar-refractivity contribution in [1.29, 1.82) is 0 Å². The van der Waals surface area contributed by atoms with Crippen molar-refractivity contribution in [3.05, 3.63) is 69.2 Å². The summed E-state index contributed by atoms with van der Waals surface area (Å²) in [5.41, 5.74) is 1.59. The lowest BCUT2D eigenvalue weighted by molar-refractivity contribution is -0.384. The van der Waals surface area contributed by atoms with Gasteiger partial charge in [-0.05, 0) is 49.5 Å². The zero-order valence-electron chi connectivity index (χ0n) is 14.4. The van der Waals surface area contributed by atoms with E-state index in [-0.39, 0.29) is 11.7 Å². The Hall–Kier alpha value is -2.18. The van der Waals surface area contributed by atoms with Crippen LogP contribution in [0.5, 0.6) is 0 Å². The van der Waals surface area contributed by atoms with E-state index in [4.69, 9.17) is 23.8 Å². The predicted octanol–water partition coefficient (Wildman–Crippen LogP) is 5.25. The van der Waals surface area contributed by atoms with Gasteiger partial charge in [0.25, 0.3) is 5.69 Å². The van der Waals surface area contributed by atoms with Crippen LogP contribution in [-0.4, -0.2) is 21.0 Å². The molecule has 1 aliphatic rings. The molecule has 0 saturated heterocycles. The maximum atomic E-state index is 11.0. The molecule has 136 valence electrons. The standard InChI is InChI=1S/C19H20ClN3O2S/c1-13(15-7-8-15)22(12-14-5-3-2-4-6-14)19(26)21-18-11-16(23(24)25)9-10-17(18)20/h2-6,9-11,13,15H,7-8,12H2,1H3,(H,21,26)/t13-/m1/s1. The van der Waals surface area contributed by atoms with Gasteiger partial charge in [0, 0.05) is 24.7 Å². The molecule has 0 bridgehead atoms. The second-order valence-corrected chi connectivity index (χ2v) is 7.34. The lowest BCUT2D eigenvalue weighted by Crippen LogP contribution is -2.41. The number of anilines is 1. The number of nitro groups is 1. The van der Waals surface area contributed by atoms with Crippen molar-refractivity contribution >= 4 is 40.3 Å². The lowest BCUT2D eigenvalue weighted by Gasteiger charge is -2.32. The van der Waals surface area contributed by atoms with Gasteiger partial charge in [-0.25, -0.2) is 0 Å². The predicted molar refractivity (Wildman–Crippen MR) is 108 cm³/mol. The van der Waals surface area contributed by atoms with Gasteiger partial charge < -0.3 is 10.2 Å². The maximum Gasteiger partial charge on any atom is 0.271 e. The van der Waals surface area contributed by atoms with Crippen LogP contribution >= 0.6 is 23.8 Å². The molecule has 0 spiro atoms. The minimum atomic E-state index is -0.445. The van der Waals surface area contributed by atoms with Crippen molar-refractivity contribution in [1.82, 2.24) is 4.90 Å². The molecule has 26 heavy (non-hydrogen) atoms. The van der Waals surface area contributed by atoms with E-state index in [9.17, 15) is 10.1 Å². The number of benzene rings is 2. The van der Waals surface area contributed by atoms with E-state index < -0.39 is 4.92 Å². The van der Waals surface area contributed by atoms with E-state index in [0.717, 1.165) is 5.56 Å². The number of nitrogens with one attached hydrogen (secondary N) is 1. The van der Waals surface area contributed by atoms with Crippen LogP contribution in [0.25, 0.3) is 0 Å². The molecular weight excluding hydrogens is 370 g/mol. The molecule has 1 fully saturated rings. The van der Waals surface area contributed by atoms with E-state index >= 15 is 0 Å². The fourth-order valence-electron chi connectivity index (χ4n) is 2.92. The van der Waals surface area contributed by atoms with Gasteiger partial charge in [-0.2, -0.15) is 0 Å². The SMILES string of the molecule is C[C@H](C1CC1)N(Cc1ccccc1)C(=S)Nc1cc([N+](=O)[O-])ccc1Cl. The van der Waals surface area contributed by atoms with Gasteiger partial charge in [-0.3, -0.25) is 10.1 Å². The second-order valence-electron chi connectivity index (χ2n) is 6.54. The van der Waals surface area contributed by atoms with Gasteiger partial charge in [-0.1, -0.05) is 41.9 Å². The molecule has 1 atom stereocenters. The van der Waals surface area contributed by atoms with Crippen molar-refractivity contribution in [2.45, 2.75) is 32.4 Å². The van der Waals surface area contributed by atoms with E-state index in [2.05, 4.69) is 29.3 Å². The highest BCUT2D eigenvalue weighted by Crippen LogP contribution is 2.36. The number of nitro benzene ring substituents is 1. The van der Waals surface area contributed by atoms with Crippen molar-refractivity contribution in [3.8, 4) is 0 Å². The number of hydrogen-bond acceptors (Lipinski definition) is 3. The minimum absolute atomic E-state index is 0.0236. The molecule has 3 rings (SSSR count). The summed E-state index contributed by atoms with van der Waals surface area (Å²) in [5.74, 6) is 0.624. The summed E-state index contributed by atoms with van der Waals surface area (Å²) in [6.07, 6.45) is 2.40. The Balaban J connectivity index is 1.81. The summed E-state index contributed by atoms with van der Waals surface area (Å²) in [7, 11) is 0. The molecule has 0 aliphatic heterocycles. The molecule has 7 heteroatoms. The molecule has 1 N–H and O–H groups in total. The van der Waals surface area contributed by atoms with Crippen molar-refractivity contribution in [3.63, 3.8) is 0 Å².